The van der Waals surface area contributed by atoms with Crippen molar-refractivity contribution in [3.05, 3.63) is 59.4 Å². The molecule has 0 aliphatic heterocycles. The van der Waals surface area contributed by atoms with Crippen molar-refractivity contribution in [3.63, 3.8) is 0 Å². The van der Waals surface area contributed by atoms with Gasteiger partial charge in [-0.1, -0.05) is 12.8 Å². The first-order chi connectivity index (χ1) is 11.5. The molecule has 2 N–H and O–H groups in total. The lowest BCUT2D eigenvalue weighted by Gasteiger charge is -2.14. The number of amides is 1. The molecule has 2 aromatic carbocycles. The van der Waals surface area contributed by atoms with E-state index in [1.165, 1.54) is 12.8 Å². The first-order valence-corrected chi connectivity index (χ1v) is 7.86. The largest absolute Gasteiger partial charge is 0.382 e. The third-order valence-electron chi connectivity index (χ3n) is 4.15. The summed E-state index contributed by atoms with van der Waals surface area (Å²) in [7, 11) is 0. The van der Waals surface area contributed by atoms with Gasteiger partial charge < -0.3 is 10.6 Å². The summed E-state index contributed by atoms with van der Waals surface area (Å²) in [6, 6.07) is 9.09. The van der Waals surface area contributed by atoms with Crippen LogP contribution < -0.4 is 10.6 Å². The summed E-state index contributed by atoms with van der Waals surface area (Å²) in [6.45, 7) is 0. The van der Waals surface area contributed by atoms with Gasteiger partial charge in [0.1, 0.15) is 0 Å². The maximum atomic E-state index is 13.6. The van der Waals surface area contributed by atoms with E-state index >= 15 is 0 Å². The highest BCUT2D eigenvalue weighted by molar-refractivity contribution is 6.04. The van der Waals surface area contributed by atoms with E-state index in [0.29, 0.717) is 11.7 Å². The molecule has 0 atom stereocenters. The van der Waals surface area contributed by atoms with Crippen LogP contribution in [0.4, 0.5) is 24.5 Å². The van der Waals surface area contributed by atoms with Gasteiger partial charge in [0.25, 0.3) is 5.91 Å². The van der Waals surface area contributed by atoms with Gasteiger partial charge in [0.15, 0.2) is 17.5 Å². The number of rotatable bonds is 4. The zero-order valence-electron chi connectivity index (χ0n) is 12.9. The molecule has 1 saturated carbocycles. The Balaban J connectivity index is 1.67. The van der Waals surface area contributed by atoms with Crippen LogP contribution in [0.2, 0.25) is 0 Å². The third-order valence-corrected chi connectivity index (χ3v) is 4.15. The second-order valence-electron chi connectivity index (χ2n) is 5.88. The number of benzene rings is 2. The molecule has 1 fully saturated rings. The van der Waals surface area contributed by atoms with Gasteiger partial charge in [0.2, 0.25) is 0 Å². The minimum atomic E-state index is -1.65. The SMILES string of the molecule is O=C(Nc1ccc(NC2CCCC2)cc1)c1ccc(F)c(F)c1F. The molecule has 0 saturated heterocycles. The van der Waals surface area contributed by atoms with Crippen molar-refractivity contribution in [2.24, 2.45) is 0 Å². The predicted molar refractivity (Wildman–Crippen MR) is 86.6 cm³/mol. The number of carbonyl (C=O) groups is 1. The van der Waals surface area contributed by atoms with Crippen molar-refractivity contribution >= 4 is 17.3 Å². The van der Waals surface area contributed by atoms with Gasteiger partial charge in [-0.2, -0.15) is 0 Å². The fourth-order valence-electron chi connectivity index (χ4n) is 2.86. The van der Waals surface area contributed by atoms with Crippen molar-refractivity contribution in [1.29, 1.82) is 0 Å². The molecule has 3 rings (SSSR count). The van der Waals surface area contributed by atoms with Gasteiger partial charge in [0.05, 0.1) is 5.56 Å². The Morgan fingerprint density at radius 2 is 1.50 bits per heavy atom. The molecule has 0 radical (unpaired) electrons. The molecule has 0 aromatic heterocycles. The Morgan fingerprint density at radius 1 is 0.875 bits per heavy atom. The Hall–Kier alpha value is -2.50. The molecule has 1 amide bonds. The minimum Gasteiger partial charge on any atom is -0.382 e. The molecule has 6 heteroatoms. The number of carbonyl (C=O) groups excluding carboxylic acids is 1. The Morgan fingerprint density at radius 3 is 2.17 bits per heavy atom. The average molecular weight is 334 g/mol. The lowest BCUT2D eigenvalue weighted by Crippen LogP contribution is -2.16. The summed E-state index contributed by atoms with van der Waals surface area (Å²) in [6.07, 6.45) is 4.75. The highest BCUT2D eigenvalue weighted by Crippen LogP contribution is 2.23. The van der Waals surface area contributed by atoms with Gasteiger partial charge in [0, 0.05) is 17.4 Å². The standard InChI is InChI=1S/C18H17F3N2O/c19-15-10-9-14(16(20)17(15)21)18(24)23-13-7-5-12(6-8-13)22-11-3-1-2-4-11/h5-11,22H,1-4H2,(H,23,24). The normalized spacial score (nSPS) is 14.6. The Bertz CT molecular complexity index is 741. The van der Waals surface area contributed by atoms with E-state index in [2.05, 4.69) is 10.6 Å². The van der Waals surface area contributed by atoms with Crippen molar-refractivity contribution in [3.8, 4) is 0 Å². The van der Waals surface area contributed by atoms with E-state index in [0.717, 1.165) is 30.7 Å². The summed E-state index contributed by atoms with van der Waals surface area (Å²) >= 11 is 0. The maximum absolute atomic E-state index is 13.6. The second-order valence-corrected chi connectivity index (χ2v) is 5.88. The number of halogens is 3. The van der Waals surface area contributed by atoms with Crippen LogP contribution in [0.25, 0.3) is 0 Å². The molecule has 2 aromatic rings. The Labute approximate surface area is 137 Å². The molecule has 0 bridgehead atoms. The Kier molecular flexibility index (Phi) is 4.74. The number of nitrogens with one attached hydrogen (secondary N) is 2. The van der Waals surface area contributed by atoms with E-state index in [1.807, 2.05) is 12.1 Å². The first-order valence-electron chi connectivity index (χ1n) is 7.86. The molecule has 126 valence electrons. The van der Waals surface area contributed by atoms with E-state index < -0.39 is 28.9 Å². The van der Waals surface area contributed by atoms with Gasteiger partial charge in [-0.25, -0.2) is 13.2 Å². The summed E-state index contributed by atoms with van der Waals surface area (Å²) in [5, 5.41) is 5.88. The van der Waals surface area contributed by atoms with Crippen LogP contribution in [-0.2, 0) is 0 Å². The monoisotopic (exact) mass is 334 g/mol. The van der Waals surface area contributed by atoms with Crippen LogP contribution in [0.5, 0.6) is 0 Å². The number of hydrogen-bond donors (Lipinski definition) is 2. The van der Waals surface area contributed by atoms with E-state index in [9.17, 15) is 18.0 Å². The van der Waals surface area contributed by atoms with Crippen LogP contribution >= 0.6 is 0 Å². The van der Waals surface area contributed by atoms with Crippen molar-refractivity contribution in [2.75, 3.05) is 10.6 Å². The second kappa shape index (κ2) is 6.95. The fourth-order valence-corrected chi connectivity index (χ4v) is 2.86. The molecule has 24 heavy (non-hydrogen) atoms. The van der Waals surface area contributed by atoms with E-state index in [-0.39, 0.29) is 0 Å². The number of anilines is 2. The highest BCUT2D eigenvalue weighted by Gasteiger charge is 2.19. The first kappa shape index (κ1) is 16.4. The van der Waals surface area contributed by atoms with Crippen molar-refractivity contribution in [2.45, 2.75) is 31.7 Å². The van der Waals surface area contributed by atoms with Gasteiger partial charge in [-0.05, 0) is 49.2 Å². The average Bonchev–Trinajstić information content (AvgIpc) is 3.07. The van der Waals surface area contributed by atoms with Crippen molar-refractivity contribution < 1.29 is 18.0 Å². The third kappa shape index (κ3) is 3.53. The van der Waals surface area contributed by atoms with Gasteiger partial charge >= 0.3 is 0 Å². The minimum absolute atomic E-state index is 0.445. The van der Waals surface area contributed by atoms with Crippen LogP contribution in [0.3, 0.4) is 0 Å². The smallest absolute Gasteiger partial charge is 0.258 e. The summed E-state index contributed by atoms with van der Waals surface area (Å²) < 4.78 is 39.7. The van der Waals surface area contributed by atoms with E-state index in [1.54, 1.807) is 12.1 Å². The van der Waals surface area contributed by atoms with E-state index in [4.69, 9.17) is 0 Å². The van der Waals surface area contributed by atoms with Crippen LogP contribution in [0.15, 0.2) is 36.4 Å². The predicted octanol–water partition coefficient (Wildman–Crippen LogP) is 4.71. The molecule has 0 spiro atoms. The quantitative estimate of drug-likeness (QED) is 0.795. The fraction of sp³-hybridized carbons (Fsp3) is 0.278. The zero-order valence-corrected chi connectivity index (χ0v) is 12.9. The number of hydrogen-bond acceptors (Lipinski definition) is 2. The highest BCUT2D eigenvalue weighted by atomic mass is 19.2. The molecule has 1 aliphatic rings. The maximum Gasteiger partial charge on any atom is 0.258 e. The lowest BCUT2D eigenvalue weighted by molar-refractivity contribution is 0.102. The zero-order chi connectivity index (χ0) is 17.1. The molecular weight excluding hydrogens is 317 g/mol. The molecule has 1 aliphatic carbocycles. The summed E-state index contributed by atoms with van der Waals surface area (Å²) in [5.41, 5.74) is 0.849. The summed E-state index contributed by atoms with van der Waals surface area (Å²) in [4.78, 5) is 12.0. The lowest BCUT2D eigenvalue weighted by atomic mass is 10.1. The molecular formula is C18H17F3N2O. The summed E-state index contributed by atoms with van der Waals surface area (Å²) in [5.74, 6) is -5.31. The molecule has 0 unspecified atom stereocenters. The van der Waals surface area contributed by atoms with Crippen LogP contribution in [0.1, 0.15) is 36.0 Å². The van der Waals surface area contributed by atoms with Crippen molar-refractivity contribution in [1.82, 2.24) is 0 Å². The van der Waals surface area contributed by atoms with Crippen LogP contribution in [0, 0.1) is 17.5 Å². The van der Waals surface area contributed by atoms with Gasteiger partial charge in [-0.3, -0.25) is 4.79 Å². The topological polar surface area (TPSA) is 41.1 Å². The molecule has 3 nitrogen and oxygen atoms in total. The van der Waals surface area contributed by atoms with Gasteiger partial charge in [-0.15, -0.1) is 0 Å². The molecule has 0 heterocycles. The van der Waals surface area contributed by atoms with Crippen LogP contribution in [-0.4, -0.2) is 11.9 Å².